The van der Waals surface area contributed by atoms with Crippen molar-refractivity contribution in [3.8, 4) is 0 Å². The number of aliphatic hydroxyl groups is 1. The van der Waals surface area contributed by atoms with Crippen LogP contribution < -0.4 is 0 Å². The summed E-state index contributed by atoms with van der Waals surface area (Å²) < 4.78 is 19.4. The lowest BCUT2D eigenvalue weighted by molar-refractivity contribution is 0.0966. The lowest BCUT2D eigenvalue weighted by Gasteiger charge is -2.21. The Morgan fingerprint density at radius 1 is 1.35 bits per heavy atom. The molecular formula is C14H17FO2. The van der Waals surface area contributed by atoms with Gasteiger partial charge in [-0.1, -0.05) is 19.1 Å². The van der Waals surface area contributed by atoms with Gasteiger partial charge in [-0.25, -0.2) is 4.39 Å². The Morgan fingerprint density at radius 3 is 2.65 bits per heavy atom. The largest absolute Gasteiger partial charge is 0.493 e. The second kappa shape index (κ2) is 4.15. The summed E-state index contributed by atoms with van der Waals surface area (Å²) in [5.41, 5.74) is 0.630. The van der Waals surface area contributed by atoms with Gasteiger partial charge >= 0.3 is 0 Å². The summed E-state index contributed by atoms with van der Waals surface area (Å²) in [6.07, 6.45) is 0.635. The molecule has 92 valence electrons. The van der Waals surface area contributed by atoms with Gasteiger partial charge in [0.1, 0.15) is 17.2 Å². The molecule has 0 aliphatic heterocycles. The lowest BCUT2D eigenvalue weighted by Crippen LogP contribution is -2.21. The van der Waals surface area contributed by atoms with Crippen LogP contribution in [0.3, 0.4) is 0 Å². The molecule has 0 aromatic heterocycles. The molecule has 3 heteroatoms. The Hall–Kier alpha value is -1.35. The number of hydrogen-bond acceptors (Lipinski definition) is 2. The molecule has 0 saturated carbocycles. The standard InChI is InChI=1S/C14H17FO2/c1-4-9-13(17-5-2)12-10(14(9,3)16)7-6-8-11(12)15/h6-8,16H,4-5H2,1-3H3. The summed E-state index contributed by atoms with van der Waals surface area (Å²) >= 11 is 0. The first kappa shape index (κ1) is 12.1. The number of hydrogen-bond donors (Lipinski definition) is 1. The Morgan fingerprint density at radius 2 is 2.06 bits per heavy atom. The van der Waals surface area contributed by atoms with Crippen LogP contribution >= 0.6 is 0 Å². The van der Waals surface area contributed by atoms with Crippen molar-refractivity contribution >= 4 is 5.76 Å². The molecule has 2 rings (SSSR count). The lowest BCUT2D eigenvalue weighted by atomic mass is 9.91. The van der Waals surface area contributed by atoms with E-state index in [1.165, 1.54) is 6.07 Å². The minimum atomic E-state index is -1.13. The highest BCUT2D eigenvalue weighted by atomic mass is 19.1. The molecule has 0 amide bonds. The zero-order chi connectivity index (χ0) is 12.6. The van der Waals surface area contributed by atoms with E-state index in [2.05, 4.69) is 0 Å². The van der Waals surface area contributed by atoms with Crippen LogP contribution in [-0.4, -0.2) is 11.7 Å². The monoisotopic (exact) mass is 236 g/mol. The Kier molecular flexibility index (Phi) is 2.96. The van der Waals surface area contributed by atoms with E-state index in [1.807, 2.05) is 13.8 Å². The number of rotatable bonds is 3. The molecule has 17 heavy (non-hydrogen) atoms. The van der Waals surface area contributed by atoms with Crippen LogP contribution in [0.2, 0.25) is 0 Å². The fourth-order valence-corrected chi connectivity index (χ4v) is 2.50. The summed E-state index contributed by atoms with van der Waals surface area (Å²) in [7, 11) is 0. The molecule has 0 bridgehead atoms. The maximum Gasteiger partial charge on any atom is 0.134 e. The molecule has 2 nitrogen and oxygen atoms in total. The average Bonchev–Trinajstić information content (AvgIpc) is 2.49. The van der Waals surface area contributed by atoms with Crippen LogP contribution in [0.4, 0.5) is 4.39 Å². The van der Waals surface area contributed by atoms with E-state index < -0.39 is 5.60 Å². The topological polar surface area (TPSA) is 29.5 Å². The summed E-state index contributed by atoms with van der Waals surface area (Å²) in [5.74, 6) is 0.169. The summed E-state index contributed by atoms with van der Waals surface area (Å²) in [5, 5.41) is 10.5. The smallest absolute Gasteiger partial charge is 0.134 e. The van der Waals surface area contributed by atoms with Gasteiger partial charge in [0, 0.05) is 11.1 Å². The third-order valence-corrected chi connectivity index (χ3v) is 3.27. The van der Waals surface area contributed by atoms with Crippen LogP contribution in [0, 0.1) is 5.82 Å². The van der Waals surface area contributed by atoms with E-state index in [0.29, 0.717) is 29.9 Å². The number of benzene rings is 1. The molecule has 0 saturated heterocycles. The molecule has 1 aromatic carbocycles. The van der Waals surface area contributed by atoms with E-state index in [1.54, 1.807) is 19.1 Å². The second-order valence-electron chi connectivity index (χ2n) is 4.33. The molecule has 1 aliphatic rings. The van der Waals surface area contributed by atoms with Gasteiger partial charge in [0.05, 0.1) is 12.2 Å². The van der Waals surface area contributed by atoms with Crippen LogP contribution in [0.25, 0.3) is 5.76 Å². The normalized spacial score (nSPS) is 22.9. The van der Waals surface area contributed by atoms with Crippen LogP contribution in [0.1, 0.15) is 38.3 Å². The van der Waals surface area contributed by atoms with E-state index >= 15 is 0 Å². The van der Waals surface area contributed by atoms with Crippen molar-refractivity contribution in [2.45, 2.75) is 32.8 Å². The molecule has 1 N–H and O–H groups in total. The first-order chi connectivity index (χ1) is 8.04. The molecule has 1 aromatic rings. The van der Waals surface area contributed by atoms with Crippen LogP contribution in [-0.2, 0) is 10.3 Å². The van der Waals surface area contributed by atoms with Gasteiger partial charge in [0.15, 0.2) is 0 Å². The van der Waals surface area contributed by atoms with E-state index in [4.69, 9.17) is 4.74 Å². The third-order valence-electron chi connectivity index (χ3n) is 3.27. The van der Waals surface area contributed by atoms with Gasteiger partial charge in [0.25, 0.3) is 0 Å². The fraction of sp³-hybridized carbons (Fsp3) is 0.429. The van der Waals surface area contributed by atoms with Gasteiger partial charge in [0.2, 0.25) is 0 Å². The van der Waals surface area contributed by atoms with Crippen molar-refractivity contribution in [2.24, 2.45) is 0 Å². The van der Waals surface area contributed by atoms with Gasteiger partial charge in [-0.2, -0.15) is 0 Å². The SMILES string of the molecule is CCOC1=C(CC)C(C)(O)c2cccc(F)c21. The fourth-order valence-electron chi connectivity index (χ4n) is 2.50. The highest BCUT2D eigenvalue weighted by Gasteiger charge is 2.41. The number of fused-ring (bicyclic) bond motifs is 1. The first-order valence-corrected chi connectivity index (χ1v) is 5.92. The second-order valence-corrected chi connectivity index (χ2v) is 4.33. The Labute approximate surface area is 101 Å². The van der Waals surface area contributed by atoms with Crippen molar-refractivity contribution in [2.75, 3.05) is 6.61 Å². The maximum atomic E-state index is 13.9. The average molecular weight is 236 g/mol. The molecule has 0 radical (unpaired) electrons. The summed E-state index contributed by atoms with van der Waals surface area (Å²) in [4.78, 5) is 0. The third kappa shape index (κ3) is 1.65. The summed E-state index contributed by atoms with van der Waals surface area (Å²) in [6, 6.07) is 4.76. The van der Waals surface area contributed by atoms with Crippen molar-refractivity contribution in [1.29, 1.82) is 0 Å². The van der Waals surface area contributed by atoms with E-state index in [-0.39, 0.29) is 5.82 Å². The Balaban J connectivity index is 2.69. The predicted molar refractivity (Wildman–Crippen MR) is 64.8 cm³/mol. The van der Waals surface area contributed by atoms with Crippen molar-refractivity contribution < 1.29 is 14.2 Å². The van der Waals surface area contributed by atoms with Crippen LogP contribution in [0.15, 0.2) is 23.8 Å². The molecule has 1 atom stereocenters. The van der Waals surface area contributed by atoms with Crippen LogP contribution in [0.5, 0.6) is 0 Å². The maximum absolute atomic E-state index is 13.9. The molecule has 0 fully saturated rings. The quantitative estimate of drug-likeness (QED) is 0.873. The predicted octanol–water partition coefficient (Wildman–Crippen LogP) is 3.20. The minimum absolute atomic E-state index is 0.338. The highest BCUT2D eigenvalue weighted by Crippen LogP contribution is 2.47. The van der Waals surface area contributed by atoms with Gasteiger partial charge < -0.3 is 9.84 Å². The van der Waals surface area contributed by atoms with E-state index in [0.717, 1.165) is 5.57 Å². The first-order valence-electron chi connectivity index (χ1n) is 5.92. The highest BCUT2D eigenvalue weighted by molar-refractivity contribution is 5.75. The molecule has 1 aliphatic carbocycles. The number of ether oxygens (including phenoxy) is 1. The van der Waals surface area contributed by atoms with Gasteiger partial charge in [-0.3, -0.25) is 0 Å². The zero-order valence-corrected chi connectivity index (χ0v) is 10.4. The molecule has 0 heterocycles. The number of halogens is 1. The molecule has 0 spiro atoms. The van der Waals surface area contributed by atoms with Crippen molar-refractivity contribution in [3.05, 3.63) is 40.7 Å². The zero-order valence-electron chi connectivity index (χ0n) is 10.4. The molecular weight excluding hydrogens is 219 g/mol. The minimum Gasteiger partial charge on any atom is -0.493 e. The van der Waals surface area contributed by atoms with E-state index in [9.17, 15) is 9.50 Å². The van der Waals surface area contributed by atoms with Gasteiger partial charge in [-0.05, 0) is 26.3 Å². The molecule has 1 unspecified atom stereocenters. The van der Waals surface area contributed by atoms with Gasteiger partial charge in [-0.15, -0.1) is 0 Å². The Bertz CT molecular complexity index is 475. The van der Waals surface area contributed by atoms with Crippen molar-refractivity contribution in [3.63, 3.8) is 0 Å². The summed E-state index contributed by atoms with van der Waals surface area (Å²) in [6.45, 7) is 5.94. The van der Waals surface area contributed by atoms with Crippen molar-refractivity contribution in [1.82, 2.24) is 0 Å².